The summed E-state index contributed by atoms with van der Waals surface area (Å²) in [5.74, 6) is -0.158. The molecular weight excluding hydrogens is 360 g/mol. The number of nitrogens with zero attached hydrogens (tertiary/aromatic N) is 1. The maximum Gasteiger partial charge on any atom is 0.336 e. The van der Waals surface area contributed by atoms with Crippen molar-refractivity contribution in [2.75, 3.05) is 0 Å². The first-order valence-electron chi connectivity index (χ1n) is 10.3. The second kappa shape index (κ2) is 7.45. The molecule has 2 aromatic carbocycles. The van der Waals surface area contributed by atoms with Crippen LogP contribution in [0.15, 0.2) is 60.9 Å². The van der Waals surface area contributed by atoms with Crippen molar-refractivity contribution in [1.82, 2.24) is 10.3 Å². The van der Waals surface area contributed by atoms with Crippen molar-refractivity contribution in [2.24, 2.45) is 0 Å². The number of fused-ring (bicyclic) bond motifs is 1. The Morgan fingerprint density at radius 1 is 1.10 bits per heavy atom. The van der Waals surface area contributed by atoms with E-state index in [9.17, 15) is 9.90 Å². The molecule has 0 unspecified atom stereocenters. The van der Waals surface area contributed by atoms with Gasteiger partial charge in [0, 0.05) is 25.0 Å². The molecule has 3 aromatic rings. The van der Waals surface area contributed by atoms with E-state index in [4.69, 9.17) is 0 Å². The van der Waals surface area contributed by atoms with Crippen molar-refractivity contribution in [2.45, 2.75) is 44.2 Å². The van der Waals surface area contributed by atoms with E-state index < -0.39 is 5.97 Å². The van der Waals surface area contributed by atoms with Crippen LogP contribution in [-0.2, 0) is 13.0 Å². The van der Waals surface area contributed by atoms with Crippen molar-refractivity contribution in [3.8, 4) is 11.1 Å². The number of carbonyl (C=O) groups is 1. The average molecular weight is 384 g/mol. The zero-order valence-corrected chi connectivity index (χ0v) is 16.3. The predicted octanol–water partition coefficient (Wildman–Crippen LogP) is 5.10. The Labute approximate surface area is 170 Å². The fourth-order valence-corrected chi connectivity index (χ4v) is 4.51. The summed E-state index contributed by atoms with van der Waals surface area (Å²) < 4.78 is 0. The van der Waals surface area contributed by atoms with E-state index in [0.29, 0.717) is 12.0 Å². The van der Waals surface area contributed by atoms with Gasteiger partial charge in [0.25, 0.3) is 0 Å². The molecule has 0 saturated heterocycles. The van der Waals surface area contributed by atoms with Gasteiger partial charge in [-0.2, -0.15) is 0 Å². The number of carboxylic acid groups (broad SMARTS) is 1. The molecule has 1 saturated carbocycles. The molecule has 1 fully saturated rings. The molecule has 146 valence electrons. The van der Waals surface area contributed by atoms with Gasteiger partial charge < -0.3 is 10.4 Å². The van der Waals surface area contributed by atoms with Gasteiger partial charge in [0.2, 0.25) is 0 Å². The number of aromatic carboxylic acids is 1. The van der Waals surface area contributed by atoms with Crippen LogP contribution in [0.25, 0.3) is 11.1 Å². The number of benzene rings is 2. The first kappa shape index (κ1) is 18.1. The Bertz CT molecular complexity index is 1070. The highest BCUT2D eigenvalue weighted by Gasteiger charge is 2.27. The Kier molecular flexibility index (Phi) is 4.64. The largest absolute Gasteiger partial charge is 0.478 e. The van der Waals surface area contributed by atoms with E-state index >= 15 is 0 Å². The smallest absolute Gasteiger partial charge is 0.336 e. The number of aromatic nitrogens is 1. The number of hydrogen-bond acceptors (Lipinski definition) is 3. The van der Waals surface area contributed by atoms with Crippen LogP contribution in [0.5, 0.6) is 0 Å². The molecule has 1 aliphatic heterocycles. The second-order valence-electron chi connectivity index (χ2n) is 8.09. The monoisotopic (exact) mass is 384 g/mol. The first-order chi connectivity index (χ1) is 14.2. The van der Waals surface area contributed by atoms with Crippen LogP contribution in [0.3, 0.4) is 0 Å². The van der Waals surface area contributed by atoms with Crippen molar-refractivity contribution >= 4 is 5.97 Å². The molecule has 5 rings (SSSR count). The lowest BCUT2D eigenvalue weighted by atomic mass is 9.92. The summed E-state index contributed by atoms with van der Waals surface area (Å²) >= 11 is 0. The summed E-state index contributed by atoms with van der Waals surface area (Å²) in [6.07, 6.45) is 7.38. The minimum atomic E-state index is -0.888. The first-order valence-corrected chi connectivity index (χ1v) is 10.3. The normalized spacial score (nSPS) is 17.9. The lowest BCUT2D eigenvalue weighted by molar-refractivity contribution is 0.0695. The van der Waals surface area contributed by atoms with Crippen LogP contribution in [0.4, 0.5) is 0 Å². The number of aryl methyl sites for hydroxylation is 1. The fourth-order valence-electron chi connectivity index (χ4n) is 4.51. The minimum absolute atomic E-state index is 0.250. The van der Waals surface area contributed by atoms with Crippen LogP contribution < -0.4 is 5.32 Å². The zero-order valence-electron chi connectivity index (χ0n) is 16.3. The maximum atomic E-state index is 11.4. The SMILES string of the molecule is O=C(O)c1ccncc1CC[C@@H]1NCc2cc(-c3ccccc3C3CC3)ccc21. The molecule has 4 nitrogen and oxygen atoms in total. The maximum absolute atomic E-state index is 11.4. The van der Waals surface area contributed by atoms with E-state index in [-0.39, 0.29) is 6.04 Å². The van der Waals surface area contributed by atoms with E-state index in [0.717, 1.165) is 24.4 Å². The summed E-state index contributed by atoms with van der Waals surface area (Å²) in [4.78, 5) is 15.5. The number of rotatable bonds is 6. The molecule has 29 heavy (non-hydrogen) atoms. The van der Waals surface area contributed by atoms with Gasteiger partial charge in [-0.05, 0) is 77.1 Å². The zero-order chi connectivity index (χ0) is 19.8. The van der Waals surface area contributed by atoms with Crippen LogP contribution >= 0.6 is 0 Å². The van der Waals surface area contributed by atoms with E-state index in [1.807, 2.05) is 0 Å². The van der Waals surface area contributed by atoms with Gasteiger partial charge in [-0.25, -0.2) is 4.79 Å². The van der Waals surface area contributed by atoms with Crippen LogP contribution in [0.2, 0.25) is 0 Å². The lowest BCUT2D eigenvalue weighted by Gasteiger charge is -2.14. The van der Waals surface area contributed by atoms with Gasteiger partial charge in [0.05, 0.1) is 5.56 Å². The van der Waals surface area contributed by atoms with Gasteiger partial charge in [-0.15, -0.1) is 0 Å². The standard InChI is InChI=1S/C25H24N2O2/c28-25(29)23-11-12-26-14-18(23)8-10-24-22-9-7-17(13-19(22)15-27-24)21-4-2-1-3-20(21)16-5-6-16/h1-4,7,9,11-14,16,24,27H,5-6,8,10,15H2,(H,28,29)/t24-/m0/s1. The molecule has 1 atom stereocenters. The third-order valence-electron chi connectivity index (χ3n) is 6.18. The van der Waals surface area contributed by atoms with Gasteiger partial charge in [0.15, 0.2) is 0 Å². The van der Waals surface area contributed by atoms with Crippen LogP contribution in [-0.4, -0.2) is 16.1 Å². The molecule has 0 amide bonds. The van der Waals surface area contributed by atoms with Crippen molar-refractivity contribution in [3.63, 3.8) is 0 Å². The van der Waals surface area contributed by atoms with Gasteiger partial charge >= 0.3 is 5.97 Å². The fraction of sp³-hybridized carbons (Fsp3) is 0.280. The Hall–Kier alpha value is -2.98. The third kappa shape index (κ3) is 3.56. The molecule has 2 heterocycles. The topological polar surface area (TPSA) is 62.2 Å². The van der Waals surface area contributed by atoms with E-state index in [2.05, 4.69) is 52.8 Å². The Morgan fingerprint density at radius 2 is 1.97 bits per heavy atom. The number of hydrogen-bond donors (Lipinski definition) is 2. The van der Waals surface area contributed by atoms with Crippen molar-refractivity contribution in [3.05, 3.63) is 88.7 Å². The molecule has 2 N–H and O–H groups in total. The summed E-state index contributed by atoms with van der Waals surface area (Å²) in [6.45, 7) is 0.859. The highest BCUT2D eigenvalue weighted by Crippen LogP contribution is 2.45. The number of nitrogens with one attached hydrogen (secondary N) is 1. The summed E-state index contributed by atoms with van der Waals surface area (Å²) in [6, 6.07) is 17.4. The van der Waals surface area contributed by atoms with Crippen molar-refractivity contribution in [1.29, 1.82) is 0 Å². The molecular formula is C25H24N2O2. The Morgan fingerprint density at radius 3 is 2.79 bits per heavy atom. The predicted molar refractivity (Wildman–Crippen MR) is 113 cm³/mol. The molecule has 0 radical (unpaired) electrons. The summed E-state index contributed by atoms with van der Waals surface area (Å²) in [5, 5.41) is 13.0. The molecule has 4 heteroatoms. The highest BCUT2D eigenvalue weighted by atomic mass is 16.4. The van der Waals surface area contributed by atoms with E-state index in [1.54, 1.807) is 12.3 Å². The molecule has 1 aliphatic carbocycles. The summed E-state index contributed by atoms with van der Waals surface area (Å²) in [5.41, 5.74) is 7.97. The van der Waals surface area contributed by atoms with Crippen LogP contribution in [0.1, 0.15) is 63.8 Å². The number of carboxylic acids is 1. The van der Waals surface area contributed by atoms with Crippen molar-refractivity contribution < 1.29 is 9.90 Å². The van der Waals surface area contributed by atoms with Gasteiger partial charge in [-0.3, -0.25) is 4.98 Å². The average Bonchev–Trinajstić information content (AvgIpc) is 3.52. The minimum Gasteiger partial charge on any atom is -0.478 e. The third-order valence-corrected chi connectivity index (χ3v) is 6.18. The lowest BCUT2D eigenvalue weighted by Crippen LogP contribution is -2.13. The second-order valence-corrected chi connectivity index (χ2v) is 8.09. The molecule has 0 spiro atoms. The molecule has 0 bridgehead atoms. The van der Waals surface area contributed by atoms with E-state index in [1.165, 1.54) is 46.9 Å². The summed E-state index contributed by atoms with van der Waals surface area (Å²) in [7, 11) is 0. The quantitative estimate of drug-likeness (QED) is 0.621. The van der Waals surface area contributed by atoms with Gasteiger partial charge in [0.1, 0.15) is 0 Å². The molecule has 2 aliphatic rings. The number of pyridine rings is 1. The van der Waals surface area contributed by atoms with Gasteiger partial charge in [-0.1, -0.05) is 36.4 Å². The highest BCUT2D eigenvalue weighted by molar-refractivity contribution is 5.89. The Balaban J connectivity index is 1.36. The molecule has 1 aromatic heterocycles. The van der Waals surface area contributed by atoms with Crippen LogP contribution in [0, 0.1) is 0 Å².